The van der Waals surface area contributed by atoms with Crippen LogP contribution in [0, 0.1) is 0 Å². The van der Waals surface area contributed by atoms with Crippen LogP contribution in [0.15, 0.2) is 71.6 Å². The number of ether oxygens (including phenoxy) is 2. The topological polar surface area (TPSA) is 72.9 Å². The molecule has 1 saturated carbocycles. The van der Waals surface area contributed by atoms with E-state index in [0.717, 1.165) is 35.1 Å². The number of sulfonamides is 1. The first-order valence-electron chi connectivity index (χ1n) is 10.8. The van der Waals surface area contributed by atoms with Crippen LogP contribution in [0.1, 0.15) is 24.0 Å². The van der Waals surface area contributed by atoms with Crippen LogP contribution in [0.4, 0.5) is 0 Å². The maximum atomic E-state index is 13.3. The molecule has 1 aliphatic carbocycles. The third kappa shape index (κ3) is 3.92. The number of Topliss-reactive ketones (excluding diaryl/α,β-unsaturated/α-hetero) is 1. The summed E-state index contributed by atoms with van der Waals surface area (Å²) in [6.07, 6.45) is 1.98. The van der Waals surface area contributed by atoms with Gasteiger partial charge in [-0.25, -0.2) is 12.7 Å². The van der Waals surface area contributed by atoms with Gasteiger partial charge in [0.15, 0.2) is 11.5 Å². The summed E-state index contributed by atoms with van der Waals surface area (Å²) in [6, 6.07) is 20.4. The molecule has 1 fully saturated rings. The molecule has 3 aromatic rings. The average Bonchev–Trinajstić information content (AvgIpc) is 3.50. The van der Waals surface area contributed by atoms with E-state index in [0.29, 0.717) is 17.9 Å². The largest absolute Gasteiger partial charge is 0.454 e. The van der Waals surface area contributed by atoms with E-state index in [1.54, 1.807) is 18.2 Å². The fourth-order valence-electron chi connectivity index (χ4n) is 4.31. The molecule has 7 heteroatoms. The number of carbonyl (C=O) groups is 1. The van der Waals surface area contributed by atoms with Gasteiger partial charge in [-0.3, -0.25) is 4.79 Å². The second-order valence-electron chi connectivity index (χ2n) is 8.77. The van der Waals surface area contributed by atoms with E-state index in [4.69, 9.17) is 9.47 Å². The van der Waals surface area contributed by atoms with E-state index in [-0.39, 0.29) is 17.5 Å². The van der Waals surface area contributed by atoms with Crippen LogP contribution in [0.25, 0.3) is 11.1 Å². The van der Waals surface area contributed by atoms with Crippen molar-refractivity contribution in [2.24, 2.45) is 0 Å². The first-order valence-corrected chi connectivity index (χ1v) is 12.3. The summed E-state index contributed by atoms with van der Waals surface area (Å²) in [5.74, 6) is 1.59. The van der Waals surface area contributed by atoms with E-state index in [1.807, 2.05) is 48.5 Å². The van der Waals surface area contributed by atoms with Crippen molar-refractivity contribution in [2.45, 2.75) is 29.6 Å². The van der Waals surface area contributed by atoms with Crippen LogP contribution < -0.4 is 9.47 Å². The zero-order valence-electron chi connectivity index (χ0n) is 18.6. The van der Waals surface area contributed by atoms with E-state index >= 15 is 0 Å². The third-order valence-corrected chi connectivity index (χ3v) is 8.26. The zero-order chi connectivity index (χ0) is 23.2. The molecule has 0 aromatic heterocycles. The Hall–Kier alpha value is -3.16. The Balaban J connectivity index is 1.39. The molecule has 0 bridgehead atoms. The lowest BCUT2D eigenvalue weighted by Crippen LogP contribution is -2.22. The van der Waals surface area contributed by atoms with Crippen molar-refractivity contribution in [3.8, 4) is 22.6 Å². The standard InChI is InChI=1S/C26H25NO5S/c1-27(2)33(29,30)22-8-4-7-20(15-22)19-6-3-5-18(13-19)14-25(28)26(11-12-26)21-9-10-23-24(16-21)32-17-31-23/h3-10,13,15-16H,11-12,14,17H2,1-2H3. The summed E-state index contributed by atoms with van der Waals surface area (Å²) < 4.78 is 37.1. The molecule has 2 aliphatic rings. The van der Waals surface area contributed by atoms with Gasteiger partial charge in [0.1, 0.15) is 5.78 Å². The first kappa shape index (κ1) is 21.7. The summed E-state index contributed by atoms with van der Waals surface area (Å²) in [7, 11) is -0.491. The van der Waals surface area contributed by atoms with E-state index in [2.05, 4.69) is 0 Å². The lowest BCUT2D eigenvalue weighted by atomic mass is 9.87. The number of benzene rings is 3. The molecule has 1 heterocycles. The number of ketones is 1. The quantitative estimate of drug-likeness (QED) is 0.526. The Morgan fingerprint density at radius 1 is 0.909 bits per heavy atom. The smallest absolute Gasteiger partial charge is 0.242 e. The molecule has 33 heavy (non-hydrogen) atoms. The van der Waals surface area contributed by atoms with E-state index < -0.39 is 15.4 Å². The van der Waals surface area contributed by atoms with Gasteiger partial charge in [0.2, 0.25) is 16.8 Å². The van der Waals surface area contributed by atoms with Gasteiger partial charge in [-0.1, -0.05) is 42.5 Å². The lowest BCUT2D eigenvalue weighted by molar-refractivity contribution is -0.120. The summed E-state index contributed by atoms with van der Waals surface area (Å²) in [5.41, 5.74) is 3.10. The van der Waals surface area contributed by atoms with Gasteiger partial charge in [-0.05, 0) is 59.4 Å². The molecule has 170 valence electrons. The highest BCUT2D eigenvalue weighted by molar-refractivity contribution is 7.89. The number of hydrogen-bond donors (Lipinski definition) is 0. The maximum Gasteiger partial charge on any atom is 0.242 e. The van der Waals surface area contributed by atoms with Crippen LogP contribution in [0.2, 0.25) is 0 Å². The van der Waals surface area contributed by atoms with Crippen molar-refractivity contribution in [3.05, 3.63) is 77.9 Å². The molecular formula is C26H25NO5S. The number of rotatable bonds is 7. The summed E-state index contributed by atoms with van der Waals surface area (Å²) >= 11 is 0. The molecule has 0 N–H and O–H groups in total. The van der Waals surface area contributed by atoms with Crippen molar-refractivity contribution in [3.63, 3.8) is 0 Å². The van der Waals surface area contributed by atoms with Crippen LogP contribution in [0.3, 0.4) is 0 Å². The van der Waals surface area contributed by atoms with Crippen LogP contribution in [-0.4, -0.2) is 39.4 Å². The Kier molecular flexibility index (Phi) is 5.26. The highest BCUT2D eigenvalue weighted by atomic mass is 32.2. The molecule has 0 atom stereocenters. The predicted octanol–water partition coefficient (Wildman–Crippen LogP) is 4.18. The Labute approximate surface area is 193 Å². The number of nitrogens with zero attached hydrogens (tertiary/aromatic N) is 1. The molecule has 1 aliphatic heterocycles. The Morgan fingerprint density at radius 3 is 2.33 bits per heavy atom. The minimum atomic E-state index is -3.52. The van der Waals surface area contributed by atoms with Crippen molar-refractivity contribution in [2.75, 3.05) is 20.9 Å². The fraction of sp³-hybridized carbons (Fsp3) is 0.269. The van der Waals surface area contributed by atoms with Crippen molar-refractivity contribution in [1.82, 2.24) is 4.31 Å². The van der Waals surface area contributed by atoms with Crippen LogP contribution in [-0.2, 0) is 26.7 Å². The molecule has 0 amide bonds. The van der Waals surface area contributed by atoms with Gasteiger partial charge in [-0.15, -0.1) is 0 Å². The van der Waals surface area contributed by atoms with Gasteiger partial charge in [0.05, 0.1) is 10.3 Å². The zero-order valence-corrected chi connectivity index (χ0v) is 19.4. The number of carbonyl (C=O) groups excluding carboxylic acids is 1. The lowest BCUT2D eigenvalue weighted by Gasteiger charge is -2.16. The monoisotopic (exact) mass is 463 g/mol. The fourth-order valence-corrected chi connectivity index (χ4v) is 5.26. The second-order valence-corrected chi connectivity index (χ2v) is 10.9. The molecule has 3 aromatic carbocycles. The Bertz CT molecular complexity index is 1340. The maximum absolute atomic E-state index is 13.3. The average molecular weight is 464 g/mol. The number of fused-ring (bicyclic) bond motifs is 1. The molecule has 0 spiro atoms. The molecule has 0 saturated heterocycles. The SMILES string of the molecule is CN(C)S(=O)(=O)c1cccc(-c2cccc(CC(=O)C3(c4ccc5c(c4)OCO5)CC3)c2)c1. The highest BCUT2D eigenvalue weighted by Gasteiger charge is 2.50. The third-order valence-electron chi connectivity index (χ3n) is 6.45. The predicted molar refractivity (Wildman–Crippen MR) is 125 cm³/mol. The van der Waals surface area contributed by atoms with Crippen LogP contribution in [0.5, 0.6) is 11.5 Å². The number of hydrogen-bond acceptors (Lipinski definition) is 5. The van der Waals surface area contributed by atoms with Gasteiger partial charge in [0, 0.05) is 20.5 Å². The van der Waals surface area contributed by atoms with Gasteiger partial charge < -0.3 is 9.47 Å². The first-order chi connectivity index (χ1) is 15.8. The Morgan fingerprint density at radius 2 is 1.61 bits per heavy atom. The molecule has 6 nitrogen and oxygen atoms in total. The summed E-state index contributed by atoms with van der Waals surface area (Å²) in [6.45, 7) is 0.212. The summed E-state index contributed by atoms with van der Waals surface area (Å²) in [5, 5.41) is 0. The van der Waals surface area contributed by atoms with Gasteiger partial charge in [0.25, 0.3) is 0 Å². The molecule has 5 rings (SSSR count). The summed E-state index contributed by atoms with van der Waals surface area (Å²) in [4.78, 5) is 13.6. The van der Waals surface area contributed by atoms with Crippen molar-refractivity contribution >= 4 is 15.8 Å². The van der Waals surface area contributed by atoms with Crippen molar-refractivity contribution < 1.29 is 22.7 Å². The second kappa shape index (κ2) is 8.01. The minimum absolute atomic E-state index is 0.183. The van der Waals surface area contributed by atoms with E-state index in [1.165, 1.54) is 18.4 Å². The van der Waals surface area contributed by atoms with Crippen molar-refractivity contribution in [1.29, 1.82) is 0 Å². The molecular weight excluding hydrogens is 438 g/mol. The van der Waals surface area contributed by atoms with Gasteiger partial charge >= 0.3 is 0 Å². The minimum Gasteiger partial charge on any atom is -0.454 e. The van der Waals surface area contributed by atoms with Crippen LogP contribution >= 0.6 is 0 Å². The molecule has 0 radical (unpaired) electrons. The molecule has 0 unspecified atom stereocenters. The van der Waals surface area contributed by atoms with Gasteiger partial charge in [-0.2, -0.15) is 0 Å². The van der Waals surface area contributed by atoms with E-state index in [9.17, 15) is 13.2 Å². The highest BCUT2D eigenvalue weighted by Crippen LogP contribution is 2.51. The normalized spacial score (nSPS) is 16.1.